The third-order valence-electron chi connectivity index (χ3n) is 2.94. The number of anilines is 1. The molecule has 2 aromatic rings. The molecule has 0 aliphatic heterocycles. The van der Waals surface area contributed by atoms with Crippen LogP contribution in [0.5, 0.6) is 0 Å². The van der Waals surface area contributed by atoms with Crippen molar-refractivity contribution in [3.8, 4) is 0 Å². The lowest BCUT2D eigenvalue weighted by Crippen LogP contribution is -2.29. The largest absolute Gasteiger partial charge is 0.345 e. The Morgan fingerprint density at radius 2 is 2.26 bits per heavy atom. The molecule has 1 aliphatic carbocycles. The summed E-state index contributed by atoms with van der Waals surface area (Å²) >= 11 is 0. The Bertz CT molecular complexity index is 663. The average molecular weight is 263 g/mol. The minimum absolute atomic E-state index is 0.142. The van der Waals surface area contributed by atoms with E-state index in [-0.39, 0.29) is 18.1 Å². The summed E-state index contributed by atoms with van der Waals surface area (Å²) in [6.45, 7) is -0.142. The van der Waals surface area contributed by atoms with Crippen LogP contribution in [0.25, 0.3) is 0 Å². The van der Waals surface area contributed by atoms with E-state index in [1.165, 1.54) is 10.9 Å². The second-order valence-electron chi connectivity index (χ2n) is 4.52. The highest BCUT2D eigenvalue weighted by atomic mass is 16.2. The number of hydrogen-bond donors (Lipinski definition) is 1. The number of aromatic nitrogens is 6. The van der Waals surface area contributed by atoms with Gasteiger partial charge in [0.05, 0.1) is 0 Å². The van der Waals surface area contributed by atoms with Crippen molar-refractivity contribution in [1.29, 1.82) is 0 Å². The van der Waals surface area contributed by atoms with Crippen LogP contribution in [0.2, 0.25) is 0 Å². The summed E-state index contributed by atoms with van der Waals surface area (Å²) in [6.07, 6.45) is 5.10. The van der Waals surface area contributed by atoms with E-state index in [4.69, 9.17) is 0 Å². The molecule has 9 nitrogen and oxygen atoms in total. The van der Waals surface area contributed by atoms with Gasteiger partial charge in [-0.2, -0.15) is 5.10 Å². The Hall–Kier alpha value is -2.45. The van der Waals surface area contributed by atoms with Crippen LogP contribution in [0.4, 0.5) is 5.95 Å². The van der Waals surface area contributed by atoms with Gasteiger partial charge in [-0.1, -0.05) is 0 Å². The zero-order valence-corrected chi connectivity index (χ0v) is 10.4. The first-order valence-electron chi connectivity index (χ1n) is 5.93. The molecule has 2 heterocycles. The monoisotopic (exact) mass is 263 g/mol. The van der Waals surface area contributed by atoms with E-state index in [1.54, 1.807) is 13.4 Å². The molecule has 1 aliphatic rings. The van der Waals surface area contributed by atoms with Gasteiger partial charge in [-0.3, -0.25) is 19.2 Å². The second kappa shape index (κ2) is 4.34. The predicted octanol–water partition coefficient (Wildman–Crippen LogP) is -0.853. The van der Waals surface area contributed by atoms with Gasteiger partial charge in [0.2, 0.25) is 11.9 Å². The minimum atomic E-state index is -0.351. The molecule has 3 rings (SSSR count). The highest BCUT2D eigenvalue weighted by molar-refractivity contribution is 5.88. The maximum atomic E-state index is 11.8. The molecule has 0 aromatic carbocycles. The molecule has 0 unspecified atom stereocenters. The van der Waals surface area contributed by atoms with Gasteiger partial charge < -0.3 is 0 Å². The smallest absolute Gasteiger partial charge is 0.297 e. The summed E-state index contributed by atoms with van der Waals surface area (Å²) in [5, 5.41) is 14.1. The second-order valence-corrected chi connectivity index (χ2v) is 4.52. The fourth-order valence-corrected chi connectivity index (χ4v) is 1.78. The molecule has 1 saturated carbocycles. The molecule has 0 bridgehead atoms. The lowest BCUT2D eigenvalue weighted by molar-refractivity contribution is -0.117. The van der Waals surface area contributed by atoms with E-state index in [0.29, 0.717) is 12.0 Å². The van der Waals surface area contributed by atoms with Crippen LogP contribution < -0.4 is 11.0 Å². The van der Waals surface area contributed by atoms with Gasteiger partial charge in [-0.05, 0) is 12.8 Å². The number of amides is 1. The SMILES string of the molecule is Cn1cnn(CC(=O)Nc2nncn2C2CC2)c1=O. The van der Waals surface area contributed by atoms with E-state index in [0.717, 1.165) is 17.5 Å². The molecule has 100 valence electrons. The van der Waals surface area contributed by atoms with E-state index in [1.807, 2.05) is 4.57 Å². The van der Waals surface area contributed by atoms with Crippen molar-refractivity contribution in [2.24, 2.45) is 7.05 Å². The third-order valence-corrected chi connectivity index (χ3v) is 2.94. The fraction of sp³-hybridized carbons (Fsp3) is 0.500. The van der Waals surface area contributed by atoms with Gasteiger partial charge in [-0.15, -0.1) is 10.2 Å². The first-order chi connectivity index (χ1) is 9.15. The Morgan fingerprint density at radius 3 is 2.89 bits per heavy atom. The number of aryl methyl sites for hydroxylation is 1. The van der Waals surface area contributed by atoms with Gasteiger partial charge >= 0.3 is 5.69 Å². The number of carbonyl (C=O) groups is 1. The lowest BCUT2D eigenvalue weighted by Gasteiger charge is -2.05. The van der Waals surface area contributed by atoms with Gasteiger partial charge in [-0.25, -0.2) is 9.48 Å². The van der Waals surface area contributed by atoms with Gasteiger partial charge in [0.15, 0.2) is 0 Å². The predicted molar refractivity (Wildman–Crippen MR) is 64.4 cm³/mol. The molecule has 2 aromatic heterocycles. The summed E-state index contributed by atoms with van der Waals surface area (Å²) in [7, 11) is 1.58. The van der Waals surface area contributed by atoms with Crippen LogP contribution in [-0.2, 0) is 18.4 Å². The van der Waals surface area contributed by atoms with Gasteiger partial charge in [0, 0.05) is 13.1 Å². The molecule has 0 saturated heterocycles. The van der Waals surface area contributed by atoms with E-state index in [9.17, 15) is 9.59 Å². The first-order valence-corrected chi connectivity index (χ1v) is 5.93. The van der Waals surface area contributed by atoms with Crippen LogP contribution in [-0.4, -0.2) is 35.0 Å². The van der Waals surface area contributed by atoms with Crippen molar-refractivity contribution < 1.29 is 4.79 Å². The third kappa shape index (κ3) is 2.26. The zero-order chi connectivity index (χ0) is 13.4. The Kier molecular flexibility index (Phi) is 2.65. The van der Waals surface area contributed by atoms with Crippen molar-refractivity contribution in [3.63, 3.8) is 0 Å². The molecule has 1 fully saturated rings. The molecule has 19 heavy (non-hydrogen) atoms. The number of nitrogens with zero attached hydrogens (tertiary/aromatic N) is 6. The van der Waals surface area contributed by atoms with E-state index >= 15 is 0 Å². The number of carbonyl (C=O) groups excluding carboxylic acids is 1. The van der Waals surface area contributed by atoms with Crippen molar-refractivity contribution in [3.05, 3.63) is 23.1 Å². The summed E-state index contributed by atoms with van der Waals surface area (Å²) in [5.74, 6) is 0.0622. The molecule has 9 heteroatoms. The van der Waals surface area contributed by atoms with E-state index in [2.05, 4.69) is 20.6 Å². The highest BCUT2D eigenvalue weighted by Crippen LogP contribution is 2.36. The topological polar surface area (TPSA) is 99.6 Å². The van der Waals surface area contributed by atoms with Crippen molar-refractivity contribution >= 4 is 11.9 Å². The minimum Gasteiger partial charge on any atom is -0.297 e. The summed E-state index contributed by atoms with van der Waals surface area (Å²) in [6, 6.07) is 0.378. The summed E-state index contributed by atoms with van der Waals surface area (Å²) in [4.78, 5) is 23.4. The van der Waals surface area contributed by atoms with Crippen LogP contribution in [0, 0.1) is 0 Å². The fourth-order valence-electron chi connectivity index (χ4n) is 1.78. The first kappa shape index (κ1) is 11.6. The van der Waals surface area contributed by atoms with Crippen LogP contribution >= 0.6 is 0 Å². The molecule has 1 amide bonds. The van der Waals surface area contributed by atoms with Crippen LogP contribution in [0.3, 0.4) is 0 Å². The molecule has 0 atom stereocenters. The van der Waals surface area contributed by atoms with Crippen LogP contribution in [0.1, 0.15) is 18.9 Å². The molecule has 0 spiro atoms. The molecule has 1 N–H and O–H groups in total. The standard InChI is InChI=1S/C10H13N7O2/c1-15-6-12-17(10(15)19)4-8(18)13-9-14-11-5-16(9)7-2-3-7/h5-7H,2-4H2,1H3,(H,13,14,18). The van der Waals surface area contributed by atoms with Crippen molar-refractivity contribution in [2.75, 3.05) is 5.32 Å². The molecular formula is C10H13N7O2. The normalized spacial score (nSPS) is 14.6. The number of hydrogen-bond acceptors (Lipinski definition) is 5. The van der Waals surface area contributed by atoms with E-state index < -0.39 is 0 Å². The average Bonchev–Trinajstić information content (AvgIpc) is 3.06. The van der Waals surface area contributed by atoms with Gasteiger partial charge in [0.25, 0.3) is 0 Å². The van der Waals surface area contributed by atoms with Crippen LogP contribution in [0.15, 0.2) is 17.4 Å². The zero-order valence-electron chi connectivity index (χ0n) is 10.4. The Balaban J connectivity index is 1.69. The maximum absolute atomic E-state index is 11.8. The number of nitrogens with one attached hydrogen (secondary N) is 1. The van der Waals surface area contributed by atoms with Crippen molar-refractivity contribution in [2.45, 2.75) is 25.4 Å². The molecule has 0 radical (unpaired) electrons. The summed E-state index contributed by atoms with van der Waals surface area (Å²) < 4.78 is 4.23. The maximum Gasteiger partial charge on any atom is 0.345 e. The lowest BCUT2D eigenvalue weighted by atomic mass is 10.6. The quantitative estimate of drug-likeness (QED) is 0.774. The van der Waals surface area contributed by atoms with Gasteiger partial charge in [0.1, 0.15) is 19.2 Å². The Labute approximate surface area is 107 Å². The number of rotatable bonds is 4. The van der Waals surface area contributed by atoms with Crippen molar-refractivity contribution in [1.82, 2.24) is 29.1 Å². The summed E-state index contributed by atoms with van der Waals surface area (Å²) in [5.41, 5.74) is -0.334. The highest BCUT2D eigenvalue weighted by Gasteiger charge is 2.26. The Morgan fingerprint density at radius 1 is 1.47 bits per heavy atom. The molecular weight excluding hydrogens is 250 g/mol.